The molecule has 3 heterocycles. The van der Waals surface area contributed by atoms with Crippen LogP contribution < -0.4 is 16.1 Å². The molecule has 1 amide bonds. The first-order valence-electron chi connectivity index (χ1n) is 12.6. The van der Waals surface area contributed by atoms with Crippen LogP contribution in [-0.4, -0.2) is 31.1 Å². The SMILES string of the molecule is CCCCCn1c(CCC(=O)N2c3ccccc3CC2C)nc2c1c(=O)[nH]c(=O)n2CCCC. The first kappa shape index (κ1) is 24.0. The van der Waals surface area contributed by atoms with E-state index in [1.807, 2.05) is 27.7 Å². The van der Waals surface area contributed by atoms with E-state index in [9.17, 15) is 14.4 Å². The largest absolute Gasteiger partial charge is 0.330 e. The Bertz CT molecular complexity index is 1290. The molecule has 0 aliphatic carbocycles. The minimum Gasteiger partial charge on any atom is -0.322 e. The van der Waals surface area contributed by atoms with E-state index in [0.29, 0.717) is 42.9 Å². The minimum absolute atomic E-state index is 0.0573. The lowest BCUT2D eigenvalue weighted by Crippen LogP contribution is -2.36. The fourth-order valence-electron chi connectivity index (χ4n) is 4.98. The maximum absolute atomic E-state index is 13.3. The van der Waals surface area contributed by atoms with E-state index in [4.69, 9.17) is 4.98 Å². The zero-order valence-corrected chi connectivity index (χ0v) is 20.5. The Hall–Kier alpha value is -3.16. The van der Waals surface area contributed by atoms with Crippen LogP contribution in [0.25, 0.3) is 11.2 Å². The van der Waals surface area contributed by atoms with Gasteiger partial charge in [-0.1, -0.05) is 51.3 Å². The van der Waals surface area contributed by atoms with Crippen molar-refractivity contribution < 1.29 is 4.79 Å². The van der Waals surface area contributed by atoms with Crippen LogP contribution in [0.15, 0.2) is 33.9 Å². The summed E-state index contributed by atoms with van der Waals surface area (Å²) in [7, 11) is 0. The highest BCUT2D eigenvalue weighted by molar-refractivity contribution is 5.96. The molecule has 0 bridgehead atoms. The Morgan fingerprint density at radius 1 is 1.06 bits per heavy atom. The van der Waals surface area contributed by atoms with Crippen LogP contribution in [0.1, 0.15) is 70.7 Å². The number of imidazole rings is 1. The smallest absolute Gasteiger partial charge is 0.322 e. The van der Waals surface area contributed by atoms with Crippen molar-refractivity contribution in [2.45, 2.75) is 91.3 Å². The third kappa shape index (κ3) is 4.58. The second kappa shape index (κ2) is 10.4. The number of para-hydroxylation sites is 1. The van der Waals surface area contributed by atoms with E-state index >= 15 is 0 Å². The number of anilines is 1. The molecule has 182 valence electrons. The second-order valence-corrected chi connectivity index (χ2v) is 9.27. The molecule has 0 radical (unpaired) electrons. The summed E-state index contributed by atoms with van der Waals surface area (Å²) in [4.78, 5) is 47.8. The fourth-order valence-corrected chi connectivity index (χ4v) is 4.98. The van der Waals surface area contributed by atoms with Gasteiger partial charge < -0.3 is 9.47 Å². The number of H-pyrrole nitrogens is 1. The lowest BCUT2D eigenvalue weighted by Gasteiger charge is -2.22. The number of nitrogens with one attached hydrogen (secondary N) is 1. The first-order valence-corrected chi connectivity index (χ1v) is 12.6. The molecule has 1 aliphatic rings. The molecule has 8 heteroatoms. The van der Waals surface area contributed by atoms with Gasteiger partial charge in [-0.05, 0) is 37.8 Å². The Kier molecular flexibility index (Phi) is 7.34. The van der Waals surface area contributed by atoms with Gasteiger partial charge in [-0.15, -0.1) is 0 Å². The number of aromatic nitrogens is 4. The molecule has 34 heavy (non-hydrogen) atoms. The third-order valence-electron chi connectivity index (χ3n) is 6.72. The summed E-state index contributed by atoms with van der Waals surface area (Å²) in [6, 6.07) is 8.17. The summed E-state index contributed by atoms with van der Waals surface area (Å²) in [5.41, 5.74) is 2.23. The lowest BCUT2D eigenvalue weighted by atomic mass is 10.1. The molecule has 1 atom stereocenters. The van der Waals surface area contributed by atoms with Crippen LogP contribution in [0.3, 0.4) is 0 Å². The number of aromatic amines is 1. The number of nitrogens with zero attached hydrogens (tertiary/aromatic N) is 4. The van der Waals surface area contributed by atoms with Crippen molar-refractivity contribution in [3.8, 4) is 0 Å². The van der Waals surface area contributed by atoms with Crippen molar-refractivity contribution in [2.24, 2.45) is 0 Å². The van der Waals surface area contributed by atoms with Gasteiger partial charge in [0.15, 0.2) is 11.2 Å². The number of benzene rings is 1. The molecule has 0 fully saturated rings. The Morgan fingerprint density at radius 3 is 2.56 bits per heavy atom. The van der Waals surface area contributed by atoms with Crippen molar-refractivity contribution >= 4 is 22.8 Å². The predicted molar refractivity (Wildman–Crippen MR) is 134 cm³/mol. The number of hydrogen-bond donors (Lipinski definition) is 1. The molecule has 4 rings (SSSR count). The molecule has 0 spiro atoms. The molecular formula is C26H35N5O3. The third-order valence-corrected chi connectivity index (χ3v) is 6.72. The molecule has 1 aliphatic heterocycles. The number of amides is 1. The number of fused-ring (bicyclic) bond motifs is 2. The van der Waals surface area contributed by atoms with Gasteiger partial charge in [-0.3, -0.25) is 19.1 Å². The van der Waals surface area contributed by atoms with Crippen molar-refractivity contribution in [3.05, 3.63) is 56.5 Å². The van der Waals surface area contributed by atoms with E-state index in [2.05, 4.69) is 31.8 Å². The number of rotatable bonds is 10. The summed E-state index contributed by atoms with van der Waals surface area (Å²) in [5.74, 6) is 0.753. The second-order valence-electron chi connectivity index (χ2n) is 9.27. The van der Waals surface area contributed by atoms with Crippen LogP contribution in [0, 0.1) is 0 Å². The number of unbranched alkanes of at least 4 members (excludes halogenated alkanes) is 3. The predicted octanol–water partition coefficient (Wildman–Crippen LogP) is 3.79. The zero-order chi connectivity index (χ0) is 24.2. The zero-order valence-electron chi connectivity index (χ0n) is 20.5. The van der Waals surface area contributed by atoms with Gasteiger partial charge >= 0.3 is 5.69 Å². The quantitative estimate of drug-likeness (QED) is 0.461. The summed E-state index contributed by atoms with van der Waals surface area (Å²) >= 11 is 0. The monoisotopic (exact) mass is 465 g/mol. The van der Waals surface area contributed by atoms with Crippen LogP contribution in [-0.2, 0) is 30.7 Å². The first-order chi connectivity index (χ1) is 16.5. The van der Waals surface area contributed by atoms with E-state index < -0.39 is 11.2 Å². The molecular weight excluding hydrogens is 430 g/mol. The lowest BCUT2D eigenvalue weighted by molar-refractivity contribution is -0.118. The summed E-state index contributed by atoms with van der Waals surface area (Å²) in [6.07, 6.45) is 6.34. The average molecular weight is 466 g/mol. The average Bonchev–Trinajstić information content (AvgIpc) is 3.34. The molecule has 0 saturated carbocycles. The van der Waals surface area contributed by atoms with Gasteiger partial charge in [-0.25, -0.2) is 9.78 Å². The van der Waals surface area contributed by atoms with Gasteiger partial charge in [0.1, 0.15) is 5.82 Å². The number of hydrogen-bond acceptors (Lipinski definition) is 4. The van der Waals surface area contributed by atoms with Crippen LogP contribution in [0.2, 0.25) is 0 Å². The standard InChI is InChI=1S/C26H35N5O3/c1-4-6-10-16-29-21(27-24-23(29)25(33)28-26(34)30(24)15-7-5-2)13-14-22(32)31-18(3)17-19-11-8-9-12-20(19)31/h8-9,11-12,18H,4-7,10,13-17H2,1-3H3,(H,28,33,34). The number of aryl methyl sites for hydroxylation is 3. The van der Waals surface area contributed by atoms with Gasteiger partial charge in [0.2, 0.25) is 5.91 Å². The Labute approximate surface area is 199 Å². The highest BCUT2D eigenvalue weighted by Gasteiger charge is 2.30. The topological polar surface area (TPSA) is 93.0 Å². The van der Waals surface area contributed by atoms with Crippen molar-refractivity contribution in [1.29, 1.82) is 0 Å². The maximum atomic E-state index is 13.3. The Morgan fingerprint density at radius 2 is 1.79 bits per heavy atom. The van der Waals surface area contributed by atoms with Gasteiger partial charge in [0.25, 0.3) is 5.56 Å². The highest BCUT2D eigenvalue weighted by Crippen LogP contribution is 2.32. The van der Waals surface area contributed by atoms with Crippen molar-refractivity contribution in [2.75, 3.05) is 4.90 Å². The van der Waals surface area contributed by atoms with Crippen molar-refractivity contribution in [3.63, 3.8) is 0 Å². The van der Waals surface area contributed by atoms with E-state index in [0.717, 1.165) is 44.2 Å². The molecule has 1 unspecified atom stereocenters. The normalized spacial score (nSPS) is 15.3. The highest BCUT2D eigenvalue weighted by atomic mass is 16.2. The van der Waals surface area contributed by atoms with E-state index in [1.54, 1.807) is 4.57 Å². The van der Waals surface area contributed by atoms with Crippen LogP contribution >= 0.6 is 0 Å². The number of carbonyl (C=O) groups is 1. The van der Waals surface area contributed by atoms with Gasteiger partial charge in [0, 0.05) is 37.7 Å². The van der Waals surface area contributed by atoms with E-state index in [1.165, 1.54) is 5.56 Å². The molecule has 2 aromatic heterocycles. The number of carbonyl (C=O) groups excluding carboxylic acids is 1. The maximum Gasteiger partial charge on any atom is 0.330 e. The molecule has 0 saturated heterocycles. The van der Waals surface area contributed by atoms with Crippen molar-refractivity contribution in [1.82, 2.24) is 19.1 Å². The molecule has 8 nitrogen and oxygen atoms in total. The van der Waals surface area contributed by atoms with Gasteiger partial charge in [0.05, 0.1) is 0 Å². The molecule has 1 aromatic carbocycles. The summed E-state index contributed by atoms with van der Waals surface area (Å²) in [6.45, 7) is 7.42. The van der Waals surface area contributed by atoms with Gasteiger partial charge in [-0.2, -0.15) is 0 Å². The summed E-state index contributed by atoms with van der Waals surface area (Å²) < 4.78 is 3.50. The summed E-state index contributed by atoms with van der Waals surface area (Å²) in [5, 5.41) is 0. The van der Waals surface area contributed by atoms with Crippen LogP contribution in [0.4, 0.5) is 5.69 Å². The molecule has 3 aromatic rings. The Balaban J connectivity index is 1.66. The fraction of sp³-hybridized carbons (Fsp3) is 0.538. The van der Waals surface area contributed by atoms with E-state index in [-0.39, 0.29) is 11.9 Å². The minimum atomic E-state index is -0.422. The molecule has 1 N–H and O–H groups in total. The van der Waals surface area contributed by atoms with Crippen LogP contribution in [0.5, 0.6) is 0 Å².